The maximum atomic E-state index is 11.0. The molecule has 0 spiro atoms. The van der Waals surface area contributed by atoms with Crippen molar-refractivity contribution in [2.45, 2.75) is 17.5 Å². The van der Waals surface area contributed by atoms with E-state index in [0.717, 1.165) is 0 Å². The molecule has 0 saturated heterocycles. The summed E-state index contributed by atoms with van der Waals surface area (Å²) < 4.78 is 2.45. The van der Waals surface area contributed by atoms with E-state index in [4.69, 9.17) is 5.11 Å². The highest BCUT2D eigenvalue weighted by Crippen LogP contribution is 2.29. The van der Waals surface area contributed by atoms with Gasteiger partial charge < -0.3 is 9.67 Å². The molecule has 0 aliphatic carbocycles. The van der Waals surface area contributed by atoms with Crippen LogP contribution in [0.2, 0.25) is 0 Å². The molecule has 0 aliphatic rings. The predicted octanol–water partition coefficient (Wildman–Crippen LogP) is 2.88. The second-order valence-corrected chi connectivity index (χ2v) is 5.93. The van der Waals surface area contributed by atoms with Crippen molar-refractivity contribution in [2.75, 3.05) is 0 Å². The third kappa shape index (κ3) is 3.20. The summed E-state index contributed by atoms with van der Waals surface area (Å²) in [6.45, 7) is -0.0809. The molecule has 0 saturated carbocycles. The largest absolute Gasteiger partial charge is 0.390 e. The van der Waals surface area contributed by atoms with Crippen molar-refractivity contribution in [3.05, 3.63) is 50.2 Å². The molecule has 2 rings (SSSR count). The summed E-state index contributed by atoms with van der Waals surface area (Å²) in [5, 5.41) is 20.8. The molecule has 0 radical (unpaired) electrons. The van der Waals surface area contributed by atoms with Crippen LogP contribution in [0.1, 0.15) is 11.3 Å². The van der Waals surface area contributed by atoms with Crippen LogP contribution < -0.4 is 0 Å². The molecule has 1 aromatic carbocycles. The average Bonchev–Trinajstić information content (AvgIpc) is 2.77. The highest BCUT2D eigenvalue weighted by atomic mass is 79.9. The van der Waals surface area contributed by atoms with Crippen LogP contribution in [0.3, 0.4) is 0 Å². The fraction of sp³-hybridized carbons (Fsp3) is 0.250. The van der Waals surface area contributed by atoms with Crippen molar-refractivity contribution >= 4 is 33.4 Å². The van der Waals surface area contributed by atoms with E-state index in [2.05, 4.69) is 20.9 Å². The first-order valence-electron chi connectivity index (χ1n) is 5.70. The first-order chi connectivity index (χ1) is 9.52. The molecule has 0 fully saturated rings. The molecule has 8 heteroatoms. The van der Waals surface area contributed by atoms with Gasteiger partial charge in [0, 0.05) is 28.9 Å². The molecule has 6 nitrogen and oxygen atoms in total. The van der Waals surface area contributed by atoms with Crippen LogP contribution in [0.25, 0.3) is 0 Å². The van der Waals surface area contributed by atoms with Crippen LogP contribution >= 0.6 is 27.7 Å². The normalized spacial score (nSPS) is 10.8. The number of hydrogen-bond donors (Lipinski definition) is 1. The quantitative estimate of drug-likeness (QED) is 0.505. The molecule has 0 bridgehead atoms. The van der Waals surface area contributed by atoms with Gasteiger partial charge in [0.2, 0.25) is 0 Å². The molecule has 0 aliphatic heterocycles. The smallest absolute Gasteiger partial charge is 0.274 e. The summed E-state index contributed by atoms with van der Waals surface area (Å²) in [6.07, 6.45) is 1.60. The van der Waals surface area contributed by atoms with E-state index in [-0.39, 0.29) is 12.3 Å². The number of nitrogens with zero attached hydrogens (tertiary/aromatic N) is 3. The second kappa shape index (κ2) is 6.38. The van der Waals surface area contributed by atoms with E-state index in [9.17, 15) is 10.1 Å². The molecule has 1 heterocycles. The van der Waals surface area contributed by atoms with Crippen molar-refractivity contribution < 1.29 is 10.0 Å². The van der Waals surface area contributed by atoms with Gasteiger partial charge in [-0.25, -0.2) is 4.98 Å². The van der Waals surface area contributed by atoms with E-state index >= 15 is 0 Å². The number of thioether (sulfide) groups is 1. The number of aromatic nitrogens is 2. The maximum Gasteiger partial charge on any atom is 0.274 e. The van der Waals surface area contributed by atoms with Gasteiger partial charge in [0.15, 0.2) is 5.16 Å². The van der Waals surface area contributed by atoms with Crippen molar-refractivity contribution in [3.8, 4) is 0 Å². The Labute approximate surface area is 128 Å². The van der Waals surface area contributed by atoms with Gasteiger partial charge in [-0.1, -0.05) is 33.8 Å². The molecule has 20 heavy (non-hydrogen) atoms. The summed E-state index contributed by atoms with van der Waals surface area (Å²) in [5.41, 5.74) is 1.43. The van der Waals surface area contributed by atoms with Gasteiger partial charge in [-0.15, -0.1) is 0 Å². The van der Waals surface area contributed by atoms with Crippen LogP contribution in [0.15, 0.2) is 34.0 Å². The maximum absolute atomic E-state index is 11.0. The van der Waals surface area contributed by atoms with Crippen molar-refractivity contribution in [2.24, 2.45) is 7.05 Å². The predicted molar refractivity (Wildman–Crippen MR) is 79.5 cm³/mol. The number of halogens is 1. The third-order valence-corrected chi connectivity index (χ3v) is 4.39. The van der Waals surface area contributed by atoms with E-state index in [1.807, 2.05) is 0 Å². The Kier molecular flexibility index (Phi) is 4.79. The number of rotatable bonds is 5. The topological polar surface area (TPSA) is 81.2 Å². The first kappa shape index (κ1) is 15.0. The van der Waals surface area contributed by atoms with Crippen molar-refractivity contribution in [1.82, 2.24) is 9.55 Å². The lowest BCUT2D eigenvalue weighted by Crippen LogP contribution is -1.98. The first-order valence-corrected chi connectivity index (χ1v) is 7.48. The third-order valence-electron chi connectivity index (χ3n) is 2.80. The van der Waals surface area contributed by atoms with Crippen molar-refractivity contribution in [1.29, 1.82) is 0 Å². The number of nitro groups is 1. The number of imidazole rings is 1. The van der Waals surface area contributed by atoms with Crippen LogP contribution in [0.4, 0.5) is 5.69 Å². The van der Waals surface area contributed by atoms with Crippen LogP contribution in [0, 0.1) is 10.1 Å². The molecule has 106 valence electrons. The van der Waals surface area contributed by atoms with Crippen molar-refractivity contribution in [3.63, 3.8) is 0 Å². The minimum Gasteiger partial charge on any atom is -0.390 e. The monoisotopic (exact) mass is 357 g/mol. The molecular formula is C12H12BrN3O3S. The zero-order valence-corrected chi connectivity index (χ0v) is 13.0. The van der Waals surface area contributed by atoms with E-state index in [1.165, 1.54) is 17.8 Å². The molecule has 1 N–H and O–H groups in total. The Bertz CT molecular complexity index is 645. The van der Waals surface area contributed by atoms with Gasteiger partial charge in [-0.05, 0) is 6.07 Å². The molecule has 0 amide bonds. The fourth-order valence-electron chi connectivity index (χ4n) is 1.68. The summed E-state index contributed by atoms with van der Waals surface area (Å²) in [7, 11) is 1.80. The minimum absolute atomic E-state index is 0.0809. The standard InChI is InChI=1S/C12H12BrN3O3S/c1-15-10(6-17)5-14-12(15)20-7-8-2-3-9(13)4-11(8)16(18)19/h2-5,17H,6-7H2,1H3. The summed E-state index contributed by atoms with van der Waals surface area (Å²) in [5.74, 6) is 0.444. The van der Waals surface area contributed by atoms with Gasteiger partial charge in [0.05, 0.1) is 23.4 Å². The van der Waals surface area contributed by atoms with Gasteiger partial charge in [0.1, 0.15) is 0 Å². The summed E-state index contributed by atoms with van der Waals surface area (Å²) in [6, 6.07) is 5.00. The lowest BCUT2D eigenvalue weighted by molar-refractivity contribution is -0.385. The molecule has 0 unspecified atom stereocenters. The SMILES string of the molecule is Cn1c(CO)cnc1SCc1ccc(Br)cc1[N+](=O)[O-]. The molecule has 1 aromatic heterocycles. The van der Waals surface area contributed by atoms with E-state index < -0.39 is 4.92 Å². The fourth-order valence-corrected chi connectivity index (χ4v) is 2.99. The van der Waals surface area contributed by atoms with Gasteiger partial charge >= 0.3 is 0 Å². The lowest BCUT2D eigenvalue weighted by Gasteiger charge is -2.05. The lowest BCUT2D eigenvalue weighted by atomic mass is 10.2. The van der Waals surface area contributed by atoms with E-state index in [0.29, 0.717) is 26.6 Å². The zero-order valence-electron chi connectivity index (χ0n) is 10.6. The Hall–Kier alpha value is -1.38. The van der Waals surface area contributed by atoms with Crippen LogP contribution in [-0.4, -0.2) is 19.6 Å². The Morgan fingerprint density at radius 2 is 2.30 bits per heavy atom. The summed E-state index contributed by atoms with van der Waals surface area (Å²) >= 11 is 4.62. The summed E-state index contributed by atoms with van der Waals surface area (Å²) in [4.78, 5) is 14.8. The number of hydrogen-bond acceptors (Lipinski definition) is 5. The number of nitro benzene ring substituents is 1. The Morgan fingerprint density at radius 3 is 2.90 bits per heavy atom. The highest BCUT2D eigenvalue weighted by molar-refractivity contribution is 9.10. The van der Waals surface area contributed by atoms with Gasteiger partial charge in [0.25, 0.3) is 5.69 Å². The highest BCUT2D eigenvalue weighted by Gasteiger charge is 2.15. The second-order valence-electron chi connectivity index (χ2n) is 4.07. The zero-order chi connectivity index (χ0) is 14.7. The van der Waals surface area contributed by atoms with E-state index in [1.54, 1.807) is 29.9 Å². The number of aliphatic hydroxyl groups is 1. The average molecular weight is 358 g/mol. The van der Waals surface area contributed by atoms with Crippen LogP contribution in [0.5, 0.6) is 0 Å². The van der Waals surface area contributed by atoms with Gasteiger partial charge in [-0.2, -0.15) is 0 Å². The molecule has 0 atom stereocenters. The minimum atomic E-state index is -0.391. The number of benzene rings is 1. The Morgan fingerprint density at radius 1 is 1.55 bits per heavy atom. The molecular weight excluding hydrogens is 346 g/mol. The molecule has 2 aromatic rings. The van der Waals surface area contributed by atoms with Gasteiger partial charge in [-0.3, -0.25) is 10.1 Å². The number of aliphatic hydroxyl groups excluding tert-OH is 1. The Balaban J connectivity index is 2.18. The van der Waals surface area contributed by atoms with Crippen LogP contribution in [-0.2, 0) is 19.4 Å².